The number of ether oxygens (including phenoxy) is 1. The van der Waals surface area contributed by atoms with E-state index in [2.05, 4.69) is 10.3 Å². The Hall–Kier alpha value is -1.94. The van der Waals surface area contributed by atoms with E-state index in [4.69, 9.17) is 22.1 Å². The van der Waals surface area contributed by atoms with Gasteiger partial charge in [-0.3, -0.25) is 0 Å². The van der Waals surface area contributed by atoms with Gasteiger partial charge in [-0.2, -0.15) is 0 Å². The molecule has 0 atom stereocenters. The van der Waals surface area contributed by atoms with Gasteiger partial charge in [-0.1, -0.05) is 23.7 Å². The molecule has 2 aromatic rings. The van der Waals surface area contributed by atoms with Crippen LogP contribution in [0.25, 0.3) is 0 Å². The molecule has 4 nitrogen and oxygen atoms in total. The highest BCUT2D eigenvalue weighted by atomic mass is 35.5. The standard InChI is InChI=1S/C12H12ClN3O/c1-17-10-5-3-2-4-9(10)15-12-8(14)6-7-11(13)16-12/h2-7H,14H2,1H3,(H,15,16). The fourth-order valence-electron chi connectivity index (χ4n) is 1.42. The SMILES string of the molecule is COc1ccccc1Nc1nc(Cl)ccc1N. The molecule has 0 saturated carbocycles. The first-order valence-corrected chi connectivity index (χ1v) is 5.40. The predicted molar refractivity (Wildman–Crippen MR) is 69.9 cm³/mol. The van der Waals surface area contributed by atoms with Gasteiger partial charge in [0.2, 0.25) is 0 Å². The molecular weight excluding hydrogens is 238 g/mol. The number of nitrogens with two attached hydrogens (primary N) is 1. The third-order valence-electron chi connectivity index (χ3n) is 2.25. The fraction of sp³-hybridized carbons (Fsp3) is 0.0833. The number of methoxy groups -OCH3 is 1. The van der Waals surface area contributed by atoms with Crippen molar-refractivity contribution in [2.45, 2.75) is 0 Å². The van der Waals surface area contributed by atoms with Gasteiger partial charge in [-0.15, -0.1) is 0 Å². The molecule has 88 valence electrons. The van der Waals surface area contributed by atoms with Crippen LogP contribution in [0.4, 0.5) is 17.2 Å². The summed E-state index contributed by atoms with van der Waals surface area (Å²) in [6.45, 7) is 0. The molecule has 1 aromatic carbocycles. The van der Waals surface area contributed by atoms with Gasteiger partial charge in [-0.05, 0) is 24.3 Å². The number of halogens is 1. The average molecular weight is 250 g/mol. The Labute approximate surface area is 104 Å². The van der Waals surface area contributed by atoms with Crippen LogP contribution in [-0.2, 0) is 0 Å². The fourth-order valence-corrected chi connectivity index (χ4v) is 1.57. The molecule has 5 heteroatoms. The molecular formula is C12H12ClN3O. The molecule has 17 heavy (non-hydrogen) atoms. The summed E-state index contributed by atoms with van der Waals surface area (Å²) in [6, 6.07) is 10.9. The minimum atomic E-state index is 0.386. The number of pyridine rings is 1. The van der Waals surface area contributed by atoms with Gasteiger partial charge in [0.15, 0.2) is 5.82 Å². The third kappa shape index (κ3) is 2.60. The lowest BCUT2D eigenvalue weighted by molar-refractivity contribution is 0.417. The summed E-state index contributed by atoms with van der Waals surface area (Å²) in [5, 5.41) is 3.47. The van der Waals surface area contributed by atoms with E-state index in [-0.39, 0.29) is 0 Å². The van der Waals surface area contributed by atoms with Gasteiger partial charge < -0.3 is 15.8 Å². The molecule has 0 fully saturated rings. The van der Waals surface area contributed by atoms with Crippen LogP contribution in [0.15, 0.2) is 36.4 Å². The molecule has 0 aliphatic carbocycles. The molecule has 0 saturated heterocycles. The van der Waals surface area contributed by atoms with Gasteiger partial charge in [0, 0.05) is 0 Å². The zero-order valence-corrected chi connectivity index (χ0v) is 10.0. The van der Waals surface area contributed by atoms with Crippen LogP contribution in [0.3, 0.4) is 0 Å². The van der Waals surface area contributed by atoms with Crippen LogP contribution in [0.1, 0.15) is 0 Å². The van der Waals surface area contributed by atoms with Crippen molar-refractivity contribution >= 4 is 28.8 Å². The highest BCUT2D eigenvalue weighted by molar-refractivity contribution is 6.29. The van der Waals surface area contributed by atoms with Crippen molar-refractivity contribution in [2.75, 3.05) is 18.2 Å². The van der Waals surface area contributed by atoms with E-state index in [0.717, 1.165) is 5.69 Å². The van der Waals surface area contributed by atoms with Crippen LogP contribution >= 0.6 is 11.6 Å². The van der Waals surface area contributed by atoms with Gasteiger partial charge >= 0.3 is 0 Å². The van der Waals surface area contributed by atoms with E-state index in [1.165, 1.54) is 0 Å². The van der Waals surface area contributed by atoms with Crippen molar-refractivity contribution in [3.05, 3.63) is 41.6 Å². The molecule has 0 aliphatic heterocycles. The minimum Gasteiger partial charge on any atom is -0.495 e. The van der Waals surface area contributed by atoms with E-state index < -0.39 is 0 Å². The Kier molecular flexibility index (Phi) is 3.35. The molecule has 0 spiro atoms. The number of hydrogen-bond acceptors (Lipinski definition) is 4. The quantitative estimate of drug-likeness (QED) is 0.821. The van der Waals surface area contributed by atoms with E-state index in [1.54, 1.807) is 19.2 Å². The van der Waals surface area contributed by atoms with Crippen molar-refractivity contribution in [1.29, 1.82) is 0 Å². The number of nitrogens with zero attached hydrogens (tertiary/aromatic N) is 1. The smallest absolute Gasteiger partial charge is 0.155 e. The maximum atomic E-state index is 5.82. The average Bonchev–Trinajstić information content (AvgIpc) is 2.34. The number of benzene rings is 1. The zero-order chi connectivity index (χ0) is 12.3. The molecule has 0 radical (unpaired) electrons. The summed E-state index contributed by atoms with van der Waals surface area (Å²) >= 11 is 5.82. The first kappa shape index (κ1) is 11.5. The largest absolute Gasteiger partial charge is 0.495 e. The summed E-state index contributed by atoms with van der Waals surface area (Å²) in [5.74, 6) is 1.23. The van der Waals surface area contributed by atoms with Gasteiger partial charge in [0.05, 0.1) is 18.5 Å². The Morgan fingerprint density at radius 1 is 1.24 bits per heavy atom. The molecule has 0 aliphatic rings. The number of aromatic nitrogens is 1. The van der Waals surface area contributed by atoms with E-state index in [0.29, 0.717) is 22.4 Å². The number of rotatable bonds is 3. The second-order valence-electron chi connectivity index (χ2n) is 3.40. The zero-order valence-electron chi connectivity index (χ0n) is 9.27. The van der Waals surface area contributed by atoms with Crippen LogP contribution < -0.4 is 15.8 Å². The third-order valence-corrected chi connectivity index (χ3v) is 2.46. The molecule has 0 bridgehead atoms. The van der Waals surface area contributed by atoms with Crippen molar-refractivity contribution in [1.82, 2.24) is 4.98 Å². The Bertz CT molecular complexity index is 531. The summed E-state index contributed by atoms with van der Waals surface area (Å²) in [5.41, 5.74) is 7.12. The Morgan fingerprint density at radius 2 is 2.00 bits per heavy atom. The summed E-state index contributed by atoms with van der Waals surface area (Å²) in [4.78, 5) is 4.12. The van der Waals surface area contributed by atoms with Crippen LogP contribution in [0.2, 0.25) is 5.15 Å². The number of para-hydroxylation sites is 2. The molecule has 1 heterocycles. The highest BCUT2D eigenvalue weighted by Crippen LogP contribution is 2.29. The molecule has 0 amide bonds. The van der Waals surface area contributed by atoms with Crippen molar-refractivity contribution in [2.24, 2.45) is 0 Å². The normalized spacial score (nSPS) is 10.0. The highest BCUT2D eigenvalue weighted by Gasteiger charge is 2.06. The molecule has 2 rings (SSSR count). The van der Waals surface area contributed by atoms with E-state index >= 15 is 0 Å². The van der Waals surface area contributed by atoms with E-state index in [1.807, 2.05) is 24.3 Å². The van der Waals surface area contributed by atoms with Gasteiger partial charge in [-0.25, -0.2) is 4.98 Å². The maximum absolute atomic E-state index is 5.82. The molecule has 3 N–H and O–H groups in total. The maximum Gasteiger partial charge on any atom is 0.155 e. The van der Waals surface area contributed by atoms with Gasteiger partial charge in [0.1, 0.15) is 10.9 Å². The van der Waals surface area contributed by atoms with Crippen molar-refractivity contribution in [3.63, 3.8) is 0 Å². The number of nitrogens with one attached hydrogen (secondary N) is 1. The lowest BCUT2D eigenvalue weighted by Gasteiger charge is -2.11. The lowest BCUT2D eigenvalue weighted by atomic mass is 10.3. The van der Waals surface area contributed by atoms with E-state index in [9.17, 15) is 0 Å². The number of hydrogen-bond donors (Lipinski definition) is 2. The topological polar surface area (TPSA) is 60.2 Å². The second-order valence-corrected chi connectivity index (χ2v) is 3.78. The lowest BCUT2D eigenvalue weighted by Crippen LogP contribution is -2.00. The molecule has 1 aromatic heterocycles. The van der Waals surface area contributed by atoms with Gasteiger partial charge in [0.25, 0.3) is 0 Å². The summed E-state index contributed by atoms with van der Waals surface area (Å²) in [7, 11) is 1.61. The van der Waals surface area contributed by atoms with Crippen LogP contribution in [0, 0.1) is 0 Å². The number of nitrogen functional groups attached to an aromatic ring is 1. The number of anilines is 3. The first-order valence-electron chi connectivity index (χ1n) is 5.03. The monoisotopic (exact) mass is 249 g/mol. The van der Waals surface area contributed by atoms with Crippen molar-refractivity contribution in [3.8, 4) is 5.75 Å². The Morgan fingerprint density at radius 3 is 2.76 bits per heavy atom. The van der Waals surface area contributed by atoms with Crippen molar-refractivity contribution < 1.29 is 4.74 Å². The predicted octanol–water partition coefficient (Wildman–Crippen LogP) is 3.07. The van der Waals surface area contributed by atoms with Crippen LogP contribution in [-0.4, -0.2) is 12.1 Å². The van der Waals surface area contributed by atoms with Crippen LogP contribution in [0.5, 0.6) is 5.75 Å². The minimum absolute atomic E-state index is 0.386. The second kappa shape index (κ2) is 4.93. The summed E-state index contributed by atoms with van der Waals surface area (Å²) < 4.78 is 5.22. The summed E-state index contributed by atoms with van der Waals surface area (Å²) in [6.07, 6.45) is 0. The Balaban J connectivity index is 2.34. The first-order chi connectivity index (χ1) is 8.20. The molecule has 0 unspecified atom stereocenters.